The predicted octanol–water partition coefficient (Wildman–Crippen LogP) is 3.41. The fraction of sp³-hybridized carbons (Fsp3) is 0.467. The monoisotopic (exact) mass is 259 g/mol. The molecule has 0 aliphatic rings. The summed E-state index contributed by atoms with van der Waals surface area (Å²) >= 11 is 0. The summed E-state index contributed by atoms with van der Waals surface area (Å²) in [6, 6.07) is 6.32. The molecule has 1 atom stereocenters. The molecule has 1 N–H and O–H groups in total. The van der Waals surface area contributed by atoms with E-state index < -0.39 is 0 Å². The molecule has 1 heterocycles. The van der Waals surface area contributed by atoms with Crippen LogP contribution in [0.4, 0.5) is 0 Å². The fourth-order valence-corrected chi connectivity index (χ4v) is 2.02. The molecule has 0 saturated heterocycles. The zero-order chi connectivity index (χ0) is 13.8. The molecule has 0 spiro atoms. The van der Waals surface area contributed by atoms with E-state index in [1.807, 2.05) is 6.07 Å². The summed E-state index contributed by atoms with van der Waals surface area (Å²) in [6.07, 6.45) is 0.933. The third kappa shape index (κ3) is 3.01. The molecule has 1 aromatic heterocycles. The van der Waals surface area contributed by atoms with E-state index in [1.165, 1.54) is 11.1 Å². The highest BCUT2D eigenvalue weighted by molar-refractivity contribution is 5.55. The Bertz CT molecular complexity index is 548. The van der Waals surface area contributed by atoms with Gasteiger partial charge in [-0.05, 0) is 50.1 Å². The molecule has 102 valence electrons. The lowest BCUT2D eigenvalue weighted by Gasteiger charge is -2.10. The summed E-state index contributed by atoms with van der Waals surface area (Å²) in [5.74, 6) is 1.26. The summed E-state index contributed by atoms with van der Waals surface area (Å²) in [5, 5.41) is 11.6. The minimum Gasteiger partial charge on any atom is -0.419 e. The summed E-state index contributed by atoms with van der Waals surface area (Å²) < 4.78 is 5.79. The SMILES string of the molecule is CCNC(CC)c1nnc(-c2ccc(C)c(C)c2)o1. The Balaban J connectivity index is 2.27. The van der Waals surface area contributed by atoms with Gasteiger partial charge < -0.3 is 9.73 Å². The normalized spacial score (nSPS) is 12.6. The second-order valence-corrected chi connectivity index (χ2v) is 4.76. The first-order valence-corrected chi connectivity index (χ1v) is 6.80. The van der Waals surface area contributed by atoms with E-state index in [0.717, 1.165) is 18.5 Å². The number of nitrogens with zero attached hydrogens (tertiary/aromatic N) is 2. The second-order valence-electron chi connectivity index (χ2n) is 4.76. The number of aromatic nitrogens is 2. The van der Waals surface area contributed by atoms with E-state index in [9.17, 15) is 0 Å². The van der Waals surface area contributed by atoms with Crippen molar-refractivity contribution in [2.24, 2.45) is 0 Å². The van der Waals surface area contributed by atoms with Gasteiger partial charge in [0.2, 0.25) is 11.8 Å². The van der Waals surface area contributed by atoms with Gasteiger partial charge in [-0.1, -0.05) is 19.9 Å². The lowest BCUT2D eigenvalue weighted by molar-refractivity contribution is 0.402. The standard InChI is InChI=1S/C15H21N3O/c1-5-13(16-6-2)15-18-17-14(19-15)12-8-7-10(3)11(4)9-12/h7-9,13,16H,5-6H2,1-4H3. The number of nitrogens with one attached hydrogen (secondary N) is 1. The molecule has 0 amide bonds. The molecule has 0 saturated carbocycles. The summed E-state index contributed by atoms with van der Waals surface area (Å²) in [7, 11) is 0. The van der Waals surface area contributed by atoms with Gasteiger partial charge in [0.05, 0.1) is 6.04 Å². The Labute approximate surface area is 114 Å². The highest BCUT2D eigenvalue weighted by atomic mass is 16.4. The van der Waals surface area contributed by atoms with Crippen LogP contribution in [0.5, 0.6) is 0 Å². The highest BCUT2D eigenvalue weighted by Crippen LogP contribution is 2.23. The minimum absolute atomic E-state index is 0.137. The Morgan fingerprint density at radius 2 is 1.95 bits per heavy atom. The second kappa shape index (κ2) is 5.97. The summed E-state index contributed by atoms with van der Waals surface area (Å²) in [6.45, 7) is 9.25. The molecule has 0 bridgehead atoms. The van der Waals surface area contributed by atoms with Crippen LogP contribution < -0.4 is 5.32 Å². The van der Waals surface area contributed by atoms with Crippen LogP contribution in [0.1, 0.15) is 43.3 Å². The molecule has 0 fully saturated rings. The maximum atomic E-state index is 5.79. The molecule has 0 radical (unpaired) electrons. The first-order valence-electron chi connectivity index (χ1n) is 6.80. The van der Waals surface area contributed by atoms with E-state index in [0.29, 0.717) is 11.8 Å². The quantitative estimate of drug-likeness (QED) is 0.894. The molecule has 4 heteroatoms. The largest absolute Gasteiger partial charge is 0.419 e. The van der Waals surface area contributed by atoms with Gasteiger partial charge in [0, 0.05) is 5.56 Å². The van der Waals surface area contributed by atoms with Gasteiger partial charge in [-0.25, -0.2) is 0 Å². The maximum Gasteiger partial charge on any atom is 0.247 e. The molecular weight excluding hydrogens is 238 g/mol. The Hall–Kier alpha value is -1.68. The molecule has 2 rings (SSSR count). The van der Waals surface area contributed by atoms with Crippen molar-refractivity contribution < 1.29 is 4.42 Å². The van der Waals surface area contributed by atoms with Crippen molar-refractivity contribution in [3.63, 3.8) is 0 Å². The first-order chi connectivity index (χ1) is 9.15. The zero-order valence-corrected chi connectivity index (χ0v) is 12.0. The average molecular weight is 259 g/mol. The Kier molecular flexibility index (Phi) is 4.32. The van der Waals surface area contributed by atoms with E-state index in [2.05, 4.69) is 55.3 Å². The molecule has 1 aromatic carbocycles. The predicted molar refractivity (Wildman–Crippen MR) is 75.9 cm³/mol. The Morgan fingerprint density at radius 1 is 1.16 bits per heavy atom. The van der Waals surface area contributed by atoms with Crippen LogP contribution in [0.2, 0.25) is 0 Å². The lowest BCUT2D eigenvalue weighted by Crippen LogP contribution is -2.20. The van der Waals surface area contributed by atoms with E-state index >= 15 is 0 Å². The van der Waals surface area contributed by atoms with Crippen LogP contribution >= 0.6 is 0 Å². The summed E-state index contributed by atoms with van der Waals surface area (Å²) in [4.78, 5) is 0. The number of hydrogen-bond donors (Lipinski definition) is 1. The van der Waals surface area contributed by atoms with Crippen LogP contribution in [-0.4, -0.2) is 16.7 Å². The molecule has 0 aliphatic carbocycles. The lowest BCUT2D eigenvalue weighted by atomic mass is 10.1. The maximum absolute atomic E-state index is 5.79. The van der Waals surface area contributed by atoms with Gasteiger partial charge in [-0.15, -0.1) is 10.2 Å². The van der Waals surface area contributed by atoms with Crippen molar-refractivity contribution in [3.8, 4) is 11.5 Å². The van der Waals surface area contributed by atoms with Gasteiger partial charge >= 0.3 is 0 Å². The van der Waals surface area contributed by atoms with Crippen LogP contribution in [0.25, 0.3) is 11.5 Å². The molecule has 2 aromatic rings. The molecule has 1 unspecified atom stereocenters. The number of aryl methyl sites for hydroxylation is 2. The van der Waals surface area contributed by atoms with Gasteiger partial charge in [0.25, 0.3) is 0 Å². The molecular formula is C15H21N3O. The van der Waals surface area contributed by atoms with Crippen LogP contribution in [-0.2, 0) is 0 Å². The fourth-order valence-electron chi connectivity index (χ4n) is 2.02. The number of rotatable bonds is 5. The third-order valence-corrected chi connectivity index (χ3v) is 3.35. The van der Waals surface area contributed by atoms with Gasteiger partial charge in [0.15, 0.2) is 0 Å². The number of benzene rings is 1. The average Bonchev–Trinajstić information content (AvgIpc) is 2.88. The first kappa shape index (κ1) is 13.7. The molecule has 19 heavy (non-hydrogen) atoms. The van der Waals surface area contributed by atoms with E-state index in [-0.39, 0.29) is 6.04 Å². The minimum atomic E-state index is 0.137. The molecule has 0 aliphatic heterocycles. The van der Waals surface area contributed by atoms with Crippen molar-refractivity contribution >= 4 is 0 Å². The van der Waals surface area contributed by atoms with Crippen LogP contribution in [0.15, 0.2) is 22.6 Å². The van der Waals surface area contributed by atoms with E-state index in [1.54, 1.807) is 0 Å². The van der Waals surface area contributed by atoms with Gasteiger partial charge in [-0.3, -0.25) is 0 Å². The molecule has 4 nitrogen and oxygen atoms in total. The van der Waals surface area contributed by atoms with Crippen molar-refractivity contribution in [1.29, 1.82) is 0 Å². The topological polar surface area (TPSA) is 51.0 Å². The van der Waals surface area contributed by atoms with Crippen molar-refractivity contribution in [3.05, 3.63) is 35.2 Å². The van der Waals surface area contributed by atoms with Crippen molar-refractivity contribution in [2.75, 3.05) is 6.54 Å². The third-order valence-electron chi connectivity index (χ3n) is 3.35. The Morgan fingerprint density at radius 3 is 2.58 bits per heavy atom. The zero-order valence-electron chi connectivity index (χ0n) is 12.0. The smallest absolute Gasteiger partial charge is 0.247 e. The van der Waals surface area contributed by atoms with Crippen molar-refractivity contribution in [1.82, 2.24) is 15.5 Å². The van der Waals surface area contributed by atoms with Gasteiger partial charge in [0.1, 0.15) is 0 Å². The summed E-state index contributed by atoms with van der Waals surface area (Å²) in [5.41, 5.74) is 3.48. The van der Waals surface area contributed by atoms with Crippen molar-refractivity contribution in [2.45, 2.75) is 40.2 Å². The van der Waals surface area contributed by atoms with Gasteiger partial charge in [-0.2, -0.15) is 0 Å². The van der Waals surface area contributed by atoms with Crippen LogP contribution in [0.3, 0.4) is 0 Å². The van der Waals surface area contributed by atoms with E-state index in [4.69, 9.17) is 4.42 Å². The van der Waals surface area contributed by atoms with Crippen LogP contribution in [0, 0.1) is 13.8 Å². The number of hydrogen-bond acceptors (Lipinski definition) is 4. The highest BCUT2D eigenvalue weighted by Gasteiger charge is 2.16.